The van der Waals surface area contributed by atoms with Gasteiger partial charge in [-0.15, -0.1) is 0 Å². The minimum absolute atomic E-state index is 0.0826. The van der Waals surface area contributed by atoms with Crippen molar-refractivity contribution < 1.29 is 5.11 Å². The zero-order valence-corrected chi connectivity index (χ0v) is 9.56. The summed E-state index contributed by atoms with van der Waals surface area (Å²) in [4.78, 5) is 0. The Morgan fingerprint density at radius 1 is 1.62 bits per heavy atom. The Hall–Kier alpha value is -0.250. The number of phenols is 1. The largest absolute Gasteiger partial charge is 0.506 e. The maximum absolute atomic E-state index is 9.59. The third kappa shape index (κ3) is 2.36. The second kappa shape index (κ2) is 4.31. The van der Waals surface area contributed by atoms with Crippen LogP contribution in [0.5, 0.6) is 5.75 Å². The van der Waals surface area contributed by atoms with Crippen LogP contribution in [0.15, 0.2) is 16.6 Å². The molecule has 0 fully saturated rings. The number of halogens is 2. The molecule has 0 aliphatic rings. The molecule has 0 spiro atoms. The van der Waals surface area contributed by atoms with Gasteiger partial charge in [0.2, 0.25) is 0 Å². The maximum Gasteiger partial charge on any atom is 0.139 e. The van der Waals surface area contributed by atoms with E-state index in [1.54, 1.807) is 12.1 Å². The minimum Gasteiger partial charge on any atom is -0.506 e. The molecule has 1 atom stereocenters. The van der Waals surface area contributed by atoms with Gasteiger partial charge < -0.3 is 10.8 Å². The van der Waals surface area contributed by atoms with Crippen LogP contribution in [-0.2, 0) is 0 Å². The number of hydrogen-bond acceptors (Lipinski definition) is 2. The summed E-state index contributed by atoms with van der Waals surface area (Å²) in [5, 5.41) is 9.92. The third-order valence-electron chi connectivity index (χ3n) is 1.90. The third-order valence-corrected chi connectivity index (χ3v) is 2.64. The second-order valence-electron chi connectivity index (χ2n) is 2.84. The summed E-state index contributed by atoms with van der Waals surface area (Å²) in [5.41, 5.74) is 6.48. The summed E-state index contributed by atoms with van der Waals surface area (Å²) in [6, 6.07) is 3.26. The highest BCUT2D eigenvalue weighted by Gasteiger charge is 2.12. The highest BCUT2D eigenvalue weighted by molar-refractivity contribution is 9.10. The molecule has 3 N–H and O–H groups in total. The average molecular weight is 265 g/mol. The van der Waals surface area contributed by atoms with Crippen molar-refractivity contribution in [2.45, 2.75) is 19.4 Å². The normalized spacial score (nSPS) is 12.9. The molecule has 0 aliphatic heterocycles. The smallest absolute Gasteiger partial charge is 0.139 e. The van der Waals surface area contributed by atoms with Crippen LogP contribution in [0.4, 0.5) is 0 Å². The lowest BCUT2D eigenvalue weighted by Crippen LogP contribution is -2.08. The van der Waals surface area contributed by atoms with Gasteiger partial charge in [0.1, 0.15) is 5.75 Å². The van der Waals surface area contributed by atoms with E-state index in [-0.39, 0.29) is 11.8 Å². The Morgan fingerprint density at radius 2 is 2.23 bits per heavy atom. The molecule has 0 saturated heterocycles. The molecule has 4 heteroatoms. The topological polar surface area (TPSA) is 46.2 Å². The first-order chi connectivity index (χ1) is 6.06. The van der Waals surface area contributed by atoms with Gasteiger partial charge in [-0.25, -0.2) is 0 Å². The van der Waals surface area contributed by atoms with Crippen LogP contribution in [0, 0.1) is 0 Å². The second-order valence-corrected chi connectivity index (χ2v) is 4.16. The lowest BCUT2D eigenvalue weighted by Gasteiger charge is -2.12. The number of benzene rings is 1. The number of aromatic hydroxyl groups is 1. The van der Waals surface area contributed by atoms with E-state index in [9.17, 15) is 5.11 Å². The zero-order chi connectivity index (χ0) is 10.0. The van der Waals surface area contributed by atoms with Gasteiger partial charge in [-0.1, -0.05) is 34.5 Å². The summed E-state index contributed by atoms with van der Waals surface area (Å²) in [5.74, 6) is 0.0826. The number of rotatable bonds is 2. The predicted octanol–water partition coefficient (Wildman–Crippen LogP) is 3.22. The van der Waals surface area contributed by atoms with Crippen LogP contribution in [0.2, 0.25) is 5.02 Å². The van der Waals surface area contributed by atoms with E-state index in [4.69, 9.17) is 17.3 Å². The molecule has 1 unspecified atom stereocenters. The van der Waals surface area contributed by atoms with Crippen LogP contribution in [0.1, 0.15) is 24.9 Å². The molecule has 2 nitrogen and oxygen atoms in total. The Kier molecular flexibility index (Phi) is 3.59. The first kappa shape index (κ1) is 10.8. The Bertz CT molecular complexity index is 317. The van der Waals surface area contributed by atoms with E-state index in [0.717, 1.165) is 10.9 Å². The van der Waals surface area contributed by atoms with E-state index >= 15 is 0 Å². The van der Waals surface area contributed by atoms with Crippen molar-refractivity contribution in [3.05, 3.63) is 27.2 Å². The minimum atomic E-state index is -0.171. The van der Waals surface area contributed by atoms with E-state index < -0.39 is 0 Å². The molecule has 1 aromatic carbocycles. The molecule has 0 amide bonds. The molecule has 1 aromatic rings. The summed E-state index contributed by atoms with van der Waals surface area (Å²) >= 11 is 9.08. The molecule has 0 aromatic heterocycles. The van der Waals surface area contributed by atoms with Crippen LogP contribution in [-0.4, -0.2) is 5.11 Å². The van der Waals surface area contributed by atoms with Crippen LogP contribution in [0.3, 0.4) is 0 Å². The molecule has 72 valence electrons. The van der Waals surface area contributed by atoms with Crippen molar-refractivity contribution in [3.63, 3.8) is 0 Å². The van der Waals surface area contributed by atoms with Crippen molar-refractivity contribution >= 4 is 27.5 Å². The van der Waals surface area contributed by atoms with Gasteiger partial charge in [0.05, 0.1) is 5.02 Å². The molecule has 0 heterocycles. The summed E-state index contributed by atoms with van der Waals surface area (Å²) in [7, 11) is 0. The van der Waals surface area contributed by atoms with Crippen molar-refractivity contribution in [3.8, 4) is 5.75 Å². The lowest BCUT2D eigenvalue weighted by molar-refractivity contribution is 0.460. The summed E-state index contributed by atoms with van der Waals surface area (Å²) < 4.78 is 0.828. The van der Waals surface area contributed by atoms with Crippen molar-refractivity contribution in [2.24, 2.45) is 5.73 Å². The molecule has 1 rings (SSSR count). The van der Waals surface area contributed by atoms with Gasteiger partial charge >= 0.3 is 0 Å². The monoisotopic (exact) mass is 263 g/mol. The van der Waals surface area contributed by atoms with Crippen molar-refractivity contribution in [2.75, 3.05) is 0 Å². The van der Waals surface area contributed by atoms with E-state index in [2.05, 4.69) is 15.9 Å². The van der Waals surface area contributed by atoms with Crippen LogP contribution >= 0.6 is 27.5 Å². The van der Waals surface area contributed by atoms with Crippen LogP contribution in [0.25, 0.3) is 0 Å². The number of nitrogens with two attached hydrogens (primary N) is 1. The Morgan fingerprint density at radius 3 is 2.77 bits per heavy atom. The lowest BCUT2D eigenvalue weighted by atomic mass is 10.0. The SMILES string of the molecule is CCC(N)c1cc(Br)cc(Cl)c1O. The van der Waals surface area contributed by atoms with Gasteiger partial charge in [0.15, 0.2) is 0 Å². The zero-order valence-electron chi connectivity index (χ0n) is 7.22. The Balaban J connectivity index is 3.20. The first-order valence-electron chi connectivity index (χ1n) is 3.99. The molecule has 0 aliphatic carbocycles. The Labute approximate surface area is 90.8 Å². The molecule has 13 heavy (non-hydrogen) atoms. The maximum atomic E-state index is 9.59. The summed E-state index contributed by atoms with van der Waals surface area (Å²) in [6.07, 6.45) is 0.764. The number of phenolic OH excluding ortho intramolecular Hbond substituents is 1. The highest BCUT2D eigenvalue weighted by atomic mass is 79.9. The average Bonchev–Trinajstić information content (AvgIpc) is 2.10. The number of hydrogen-bond donors (Lipinski definition) is 2. The van der Waals surface area contributed by atoms with E-state index in [1.807, 2.05) is 6.92 Å². The van der Waals surface area contributed by atoms with Crippen LogP contribution < -0.4 is 5.73 Å². The van der Waals surface area contributed by atoms with Crippen molar-refractivity contribution in [1.82, 2.24) is 0 Å². The van der Waals surface area contributed by atoms with E-state index in [1.165, 1.54) is 0 Å². The molecular formula is C9H11BrClNO. The summed E-state index contributed by atoms with van der Waals surface area (Å²) in [6.45, 7) is 1.96. The quantitative estimate of drug-likeness (QED) is 0.861. The van der Waals surface area contributed by atoms with Gasteiger partial charge in [-0.3, -0.25) is 0 Å². The van der Waals surface area contributed by atoms with Gasteiger partial charge in [0.25, 0.3) is 0 Å². The van der Waals surface area contributed by atoms with Crippen molar-refractivity contribution in [1.29, 1.82) is 0 Å². The molecular weight excluding hydrogens is 253 g/mol. The predicted molar refractivity (Wildman–Crippen MR) is 58.0 cm³/mol. The van der Waals surface area contributed by atoms with Gasteiger partial charge in [0, 0.05) is 16.1 Å². The fourth-order valence-corrected chi connectivity index (χ4v) is 1.92. The first-order valence-corrected chi connectivity index (χ1v) is 5.16. The fraction of sp³-hybridized carbons (Fsp3) is 0.333. The van der Waals surface area contributed by atoms with E-state index in [0.29, 0.717) is 10.6 Å². The molecule has 0 saturated carbocycles. The van der Waals surface area contributed by atoms with Gasteiger partial charge in [-0.05, 0) is 18.6 Å². The molecule has 0 radical (unpaired) electrons. The fourth-order valence-electron chi connectivity index (χ4n) is 1.09. The standard InChI is InChI=1S/C9H11BrClNO/c1-2-8(12)6-3-5(10)4-7(11)9(6)13/h3-4,8,13H,2,12H2,1H3. The molecule has 0 bridgehead atoms. The highest BCUT2D eigenvalue weighted by Crippen LogP contribution is 2.34. The van der Waals surface area contributed by atoms with Gasteiger partial charge in [-0.2, -0.15) is 0 Å².